The van der Waals surface area contributed by atoms with E-state index in [0.717, 1.165) is 35.5 Å². The fraction of sp³-hybridized carbons (Fsp3) is 0.375. The Morgan fingerprint density at radius 3 is 2.50 bits per heavy atom. The molecule has 1 unspecified atom stereocenters. The SMILES string of the molecule is Cc1ccc(CN(C)CCC(N)c2ccc(Br)cc2)o1. The molecule has 108 valence electrons. The zero-order valence-electron chi connectivity index (χ0n) is 12.0. The van der Waals surface area contributed by atoms with Crippen LogP contribution in [0.25, 0.3) is 0 Å². The maximum absolute atomic E-state index is 6.23. The molecule has 0 saturated carbocycles. The molecule has 1 aromatic heterocycles. The van der Waals surface area contributed by atoms with E-state index in [1.165, 1.54) is 5.56 Å². The van der Waals surface area contributed by atoms with E-state index in [0.29, 0.717) is 0 Å². The summed E-state index contributed by atoms with van der Waals surface area (Å²) in [5.41, 5.74) is 7.40. The second kappa shape index (κ2) is 7.07. The molecule has 4 heteroatoms. The van der Waals surface area contributed by atoms with Crippen LogP contribution in [0.1, 0.15) is 29.5 Å². The summed E-state index contributed by atoms with van der Waals surface area (Å²) >= 11 is 3.44. The molecular formula is C16H21BrN2O. The van der Waals surface area contributed by atoms with Crippen LogP contribution in [0.5, 0.6) is 0 Å². The largest absolute Gasteiger partial charge is 0.465 e. The van der Waals surface area contributed by atoms with E-state index in [1.54, 1.807) is 0 Å². The first-order valence-corrected chi connectivity index (χ1v) is 7.59. The predicted octanol–water partition coefficient (Wildman–Crippen LogP) is 3.87. The number of aryl methyl sites for hydroxylation is 1. The lowest BCUT2D eigenvalue weighted by Gasteiger charge is -2.18. The average molecular weight is 337 g/mol. The van der Waals surface area contributed by atoms with Crippen LogP contribution >= 0.6 is 15.9 Å². The van der Waals surface area contributed by atoms with Gasteiger partial charge in [-0.1, -0.05) is 28.1 Å². The van der Waals surface area contributed by atoms with Crippen molar-refractivity contribution in [2.45, 2.75) is 25.9 Å². The molecule has 0 bridgehead atoms. The van der Waals surface area contributed by atoms with Gasteiger partial charge in [-0.25, -0.2) is 0 Å². The van der Waals surface area contributed by atoms with E-state index in [9.17, 15) is 0 Å². The topological polar surface area (TPSA) is 42.4 Å². The van der Waals surface area contributed by atoms with Crippen molar-refractivity contribution < 1.29 is 4.42 Å². The Morgan fingerprint density at radius 2 is 1.90 bits per heavy atom. The van der Waals surface area contributed by atoms with Crippen molar-refractivity contribution in [1.82, 2.24) is 4.90 Å². The highest BCUT2D eigenvalue weighted by Crippen LogP contribution is 2.18. The first-order chi connectivity index (χ1) is 9.54. The third kappa shape index (κ3) is 4.47. The molecule has 0 aliphatic carbocycles. The second-order valence-corrected chi connectivity index (χ2v) is 6.11. The van der Waals surface area contributed by atoms with Gasteiger partial charge in [-0.15, -0.1) is 0 Å². The van der Waals surface area contributed by atoms with Crippen molar-refractivity contribution in [3.63, 3.8) is 0 Å². The molecule has 2 rings (SSSR count). The van der Waals surface area contributed by atoms with Crippen molar-refractivity contribution in [2.24, 2.45) is 5.73 Å². The molecule has 0 aliphatic heterocycles. The van der Waals surface area contributed by atoms with Crippen LogP contribution in [0, 0.1) is 6.92 Å². The summed E-state index contributed by atoms with van der Waals surface area (Å²) in [7, 11) is 2.09. The highest BCUT2D eigenvalue weighted by atomic mass is 79.9. The zero-order valence-corrected chi connectivity index (χ0v) is 13.6. The van der Waals surface area contributed by atoms with Crippen LogP contribution in [-0.2, 0) is 6.54 Å². The van der Waals surface area contributed by atoms with Gasteiger partial charge in [-0.3, -0.25) is 4.90 Å². The summed E-state index contributed by atoms with van der Waals surface area (Å²) in [6, 6.07) is 12.3. The minimum absolute atomic E-state index is 0.0730. The molecule has 2 aromatic rings. The Kier molecular flexibility index (Phi) is 5.40. The summed E-state index contributed by atoms with van der Waals surface area (Å²) in [6.45, 7) is 3.73. The van der Waals surface area contributed by atoms with Crippen LogP contribution in [0.2, 0.25) is 0 Å². The van der Waals surface area contributed by atoms with Crippen molar-refractivity contribution >= 4 is 15.9 Å². The smallest absolute Gasteiger partial charge is 0.118 e. The Labute approximate surface area is 128 Å². The van der Waals surface area contributed by atoms with Gasteiger partial charge in [0.1, 0.15) is 11.5 Å². The minimum atomic E-state index is 0.0730. The molecule has 0 aliphatic rings. The summed E-state index contributed by atoms with van der Waals surface area (Å²) in [6.07, 6.45) is 0.928. The number of nitrogens with two attached hydrogens (primary N) is 1. The first kappa shape index (κ1) is 15.3. The Hall–Kier alpha value is -1.10. The molecule has 1 aromatic carbocycles. The predicted molar refractivity (Wildman–Crippen MR) is 85.5 cm³/mol. The van der Waals surface area contributed by atoms with E-state index in [-0.39, 0.29) is 6.04 Å². The molecule has 0 spiro atoms. The van der Waals surface area contributed by atoms with Crippen LogP contribution in [0.15, 0.2) is 45.3 Å². The van der Waals surface area contributed by atoms with E-state index in [2.05, 4.69) is 40.0 Å². The number of nitrogens with zero attached hydrogens (tertiary/aromatic N) is 1. The van der Waals surface area contributed by atoms with Gasteiger partial charge in [0.15, 0.2) is 0 Å². The normalized spacial score (nSPS) is 12.8. The van der Waals surface area contributed by atoms with Crippen molar-refractivity contribution in [2.75, 3.05) is 13.6 Å². The second-order valence-electron chi connectivity index (χ2n) is 5.20. The molecule has 2 N–H and O–H groups in total. The third-order valence-electron chi connectivity index (χ3n) is 3.34. The highest BCUT2D eigenvalue weighted by Gasteiger charge is 2.09. The average Bonchev–Trinajstić information content (AvgIpc) is 2.82. The lowest BCUT2D eigenvalue weighted by molar-refractivity contribution is 0.281. The Morgan fingerprint density at radius 1 is 1.20 bits per heavy atom. The molecule has 3 nitrogen and oxygen atoms in total. The van der Waals surface area contributed by atoms with Gasteiger partial charge in [0, 0.05) is 17.1 Å². The standard InChI is InChI=1S/C16H21BrN2O/c1-12-3-8-15(20-12)11-19(2)10-9-16(18)13-4-6-14(17)7-5-13/h3-8,16H,9-11,18H2,1-2H3. The van der Waals surface area contributed by atoms with Gasteiger partial charge in [-0.05, 0) is 50.2 Å². The number of rotatable bonds is 6. The van der Waals surface area contributed by atoms with Gasteiger partial charge in [0.05, 0.1) is 6.54 Å². The fourth-order valence-corrected chi connectivity index (χ4v) is 2.42. The van der Waals surface area contributed by atoms with Crippen LogP contribution < -0.4 is 5.73 Å². The maximum Gasteiger partial charge on any atom is 0.118 e. The molecule has 1 heterocycles. The molecule has 0 saturated heterocycles. The lowest BCUT2D eigenvalue weighted by atomic mass is 10.0. The number of furan rings is 1. The van der Waals surface area contributed by atoms with Crippen LogP contribution in [0.3, 0.4) is 0 Å². The van der Waals surface area contributed by atoms with Crippen LogP contribution in [-0.4, -0.2) is 18.5 Å². The van der Waals surface area contributed by atoms with Crippen molar-refractivity contribution in [3.8, 4) is 0 Å². The quantitative estimate of drug-likeness (QED) is 0.870. The first-order valence-electron chi connectivity index (χ1n) is 6.79. The fourth-order valence-electron chi connectivity index (χ4n) is 2.15. The number of hydrogen-bond donors (Lipinski definition) is 1. The Balaban J connectivity index is 1.80. The van der Waals surface area contributed by atoms with E-state index >= 15 is 0 Å². The summed E-state index contributed by atoms with van der Waals surface area (Å²) in [4.78, 5) is 2.23. The number of hydrogen-bond acceptors (Lipinski definition) is 3. The zero-order chi connectivity index (χ0) is 14.5. The van der Waals surface area contributed by atoms with E-state index < -0.39 is 0 Å². The number of benzene rings is 1. The third-order valence-corrected chi connectivity index (χ3v) is 3.87. The number of halogens is 1. The molecular weight excluding hydrogens is 316 g/mol. The minimum Gasteiger partial charge on any atom is -0.465 e. The van der Waals surface area contributed by atoms with Gasteiger partial charge < -0.3 is 10.2 Å². The highest BCUT2D eigenvalue weighted by molar-refractivity contribution is 9.10. The van der Waals surface area contributed by atoms with Crippen LogP contribution in [0.4, 0.5) is 0 Å². The summed E-state index contributed by atoms with van der Waals surface area (Å²) in [5.74, 6) is 1.96. The molecule has 0 amide bonds. The van der Waals surface area contributed by atoms with Gasteiger partial charge in [-0.2, -0.15) is 0 Å². The van der Waals surface area contributed by atoms with Crippen molar-refractivity contribution in [3.05, 3.63) is 58.0 Å². The summed E-state index contributed by atoms with van der Waals surface area (Å²) < 4.78 is 6.66. The van der Waals surface area contributed by atoms with E-state index in [1.807, 2.05) is 31.2 Å². The molecule has 0 fully saturated rings. The molecule has 0 radical (unpaired) electrons. The molecule has 20 heavy (non-hydrogen) atoms. The Bertz CT molecular complexity index is 536. The summed E-state index contributed by atoms with van der Waals surface area (Å²) in [5, 5.41) is 0. The van der Waals surface area contributed by atoms with Gasteiger partial charge in [0.25, 0.3) is 0 Å². The lowest BCUT2D eigenvalue weighted by Crippen LogP contribution is -2.23. The van der Waals surface area contributed by atoms with E-state index in [4.69, 9.17) is 10.2 Å². The van der Waals surface area contributed by atoms with Crippen molar-refractivity contribution in [1.29, 1.82) is 0 Å². The van der Waals surface area contributed by atoms with Gasteiger partial charge >= 0.3 is 0 Å². The molecule has 1 atom stereocenters. The maximum atomic E-state index is 6.23. The monoisotopic (exact) mass is 336 g/mol. The van der Waals surface area contributed by atoms with Gasteiger partial charge in [0.2, 0.25) is 0 Å².